The highest BCUT2D eigenvalue weighted by Crippen LogP contribution is 2.22. The fraction of sp³-hybridized carbons (Fsp3) is 0.154. The topological polar surface area (TPSA) is 95.7 Å². The molecular formula is C13H9FN4O2S. The van der Waals surface area contributed by atoms with Crippen LogP contribution in [0.1, 0.15) is 29.0 Å². The minimum absolute atomic E-state index is 0.0569. The molecule has 0 fully saturated rings. The van der Waals surface area contributed by atoms with Crippen LogP contribution in [0.2, 0.25) is 0 Å². The van der Waals surface area contributed by atoms with Gasteiger partial charge in [0, 0.05) is 12.3 Å². The summed E-state index contributed by atoms with van der Waals surface area (Å²) in [5.74, 6) is -2.58. The summed E-state index contributed by atoms with van der Waals surface area (Å²) in [6.45, 7) is 1.32. The molecule has 21 heavy (non-hydrogen) atoms. The van der Waals surface area contributed by atoms with Gasteiger partial charge in [-0.05, 0) is 12.1 Å². The van der Waals surface area contributed by atoms with E-state index in [1.54, 1.807) is 0 Å². The van der Waals surface area contributed by atoms with Crippen LogP contribution >= 0.6 is 11.3 Å². The van der Waals surface area contributed by atoms with Crippen LogP contribution in [-0.2, 0) is 4.79 Å². The van der Waals surface area contributed by atoms with E-state index >= 15 is 0 Å². The van der Waals surface area contributed by atoms with Gasteiger partial charge in [-0.15, -0.1) is 11.3 Å². The maximum Gasteiger partial charge on any atom is 0.223 e. The maximum atomic E-state index is 12.8. The number of hydrogen-bond acceptors (Lipinski definition) is 6. The van der Waals surface area contributed by atoms with Crippen molar-refractivity contribution < 1.29 is 14.0 Å². The van der Waals surface area contributed by atoms with Crippen LogP contribution in [0.4, 0.5) is 9.52 Å². The molecule has 0 saturated heterocycles. The summed E-state index contributed by atoms with van der Waals surface area (Å²) in [6, 6.07) is 4.24. The molecule has 106 valence electrons. The molecule has 6 nitrogen and oxygen atoms in total. The Balaban J connectivity index is 2.24. The van der Waals surface area contributed by atoms with Gasteiger partial charge in [0.2, 0.25) is 11.7 Å². The number of carbonyl (C=O) groups excluding carboxylic acids is 2. The quantitative estimate of drug-likeness (QED) is 0.873. The third kappa shape index (κ3) is 3.46. The molecule has 0 radical (unpaired) electrons. The molecule has 2 rings (SSSR count). The van der Waals surface area contributed by atoms with Gasteiger partial charge >= 0.3 is 0 Å². The summed E-state index contributed by atoms with van der Waals surface area (Å²) >= 11 is 1.08. The molecule has 2 aromatic rings. The second-order valence-electron chi connectivity index (χ2n) is 4.05. The van der Waals surface area contributed by atoms with Crippen LogP contribution in [0.15, 0.2) is 23.7 Å². The molecule has 0 aliphatic rings. The van der Waals surface area contributed by atoms with E-state index < -0.39 is 17.5 Å². The average Bonchev–Trinajstić information content (AvgIpc) is 2.89. The Morgan fingerprint density at radius 2 is 2.24 bits per heavy atom. The van der Waals surface area contributed by atoms with E-state index in [9.17, 15) is 14.0 Å². The van der Waals surface area contributed by atoms with Crippen molar-refractivity contribution in [2.24, 2.45) is 0 Å². The zero-order valence-corrected chi connectivity index (χ0v) is 11.6. The number of carbonyl (C=O) groups is 2. The normalized spacial score (nSPS) is 11.5. The third-order valence-corrected chi connectivity index (χ3v) is 3.23. The Labute approximate surface area is 123 Å². The number of halogens is 1. The molecule has 0 saturated carbocycles. The highest BCUT2D eigenvalue weighted by Gasteiger charge is 2.25. The van der Waals surface area contributed by atoms with Gasteiger partial charge in [0.05, 0.1) is 18.0 Å². The van der Waals surface area contributed by atoms with Crippen molar-refractivity contribution in [3.8, 4) is 6.07 Å². The van der Waals surface area contributed by atoms with Crippen molar-refractivity contribution >= 4 is 28.2 Å². The fourth-order valence-corrected chi connectivity index (χ4v) is 2.31. The lowest BCUT2D eigenvalue weighted by molar-refractivity contribution is -0.114. The van der Waals surface area contributed by atoms with Gasteiger partial charge < -0.3 is 5.32 Å². The van der Waals surface area contributed by atoms with Gasteiger partial charge in [0.15, 0.2) is 11.0 Å². The lowest BCUT2D eigenvalue weighted by Crippen LogP contribution is -2.13. The predicted molar refractivity (Wildman–Crippen MR) is 73.3 cm³/mol. The summed E-state index contributed by atoms with van der Waals surface area (Å²) in [5, 5.41) is 13.3. The molecular weight excluding hydrogens is 295 g/mol. The molecule has 8 heteroatoms. The van der Waals surface area contributed by atoms with Gasteiger partial charge in [0.25, 0.3) is 0 Å². The van der Waals surface area contributed by atoms with E-state index in [4.69, 9.17) is 5.26 Å². The zero-order chi connectivity index (χ0) is 15.4. The van der Waals surface area contributed by atoms with Crippen molar-refractivity contribution in [1.82, 2.24) is 9.97 Å². The van der Waals surface area contributed by atoms with E-state index in [1.807, 2.05) is 6.07 Å². The molecule has 0 unspecified atom stereocenters. The number of amides is 1. The summed E-state index contributed by atoms with van der Waals surface area (Å²) in [7, 11) is 0. The summed E-state index contributed by atoms with van der Waals surface area (Å²) in [6.07, 6.45) is 0.941. The zero-order valence-electron chi connectivity index (χ0n) is 10.8. The van der Waals surface area contributed by atoms with Gasteiger partial charge in [-0.25, -0.2) is 9.37 Å². The number of anilines is 1. The number of thiazole rings is 1. The number of ketones is 1. The van der Waals surface area contributed by atoms with Crippen LogP contribution in [0.5, 0.6) is 0 Å². The first kappa shape index (κ1) is 14.7. The Morgan fingerprint density at radius 3 is 2.81 bits per heavy atom. The third-order valence-electron chi connectivity index (χ3n) is 2.48. The van der Waals surface area contributed by atoms with E-state index in [0.717, 1.165) is 23.6 Å². The molecule has 0 aliphatic carbocycles. The minimum atomic E-state index is -1.17. The standard InChI is InChI=1S/C13H9FN4O2S/c1-7(19)17-13-18-11(6-21-13)12(20)9(4-15)10-3-2-8(14)5-16-10/h2-3,5-6,9H,1H3,(H,17,18,19)/t9-/m1/s1. The number of Topliss-reactive ketones (excluding diaryl/α,β-unsaturated/α-hetero) is 1. The second kappa shape index (κ2) is 6.19. The van der Waals surface area contributed by atoms with Gasteiger partial charge in [-0.2, -0.15) is 5.26 Å². The lowest BCUT2D eigenvalue weighted by Gasteiger charge is -2.05. The minimum Gasteiger partial charge on any atom is -0.302 e. The van der Waals surface area contributed by atoms with Crippen LogP contribution in [0.25, 0.3) is 0 Å². The van der Waals surface area contributed by atoms with Crippen LogP contribution in [0, 0.1) is 17.1 Å². The number of pyridine rings is 1. The Bertz CT molecular complexity index is 721. The van der Waals surface area contributed by atoms with Crippen molar-refractivity contribution in [2.45, 2.75) is 12.8 Å². The molecule has 1 amide bonds. The number of nitriles is 1. The van der Waals surface area contributed by atoms with Crippen molar-refractivity contribution in [2.75, 3.05) is 5.32 Å². The molecule has 0 spiro atoms. The summed E-state index contributed by atoms with van der Waals surface area (Å²) < 4.78 is 12.8. The summed E-state index contributed by atoms with van der Waals surface area (Å²) in [5.41, 5.74) is 0.208. The molecule has 0 aromatic carbocycles. The van der Waals surface area contributed by atoms with E-state index in [-0.39, 0.29) is 22.4 Å². The van der Waals surface area contributed by atoms with E-state index in [1.165, 1.54) is 18.4 Å². The molecule has 2 aromatic heterocycles. The number of aromatic nitrogens is 2. The smallest absolute Gasteiger partial charge is 0.223 e. The number of nitrogens with one attached hydrogen (secondary N) is 1. The number of hydrogen-bond donors (Lipinski definition) is 1. The lowest BCUT2D eigenvalue weighted by atomic mass is 9.99. The Morgan fingerprint density at radius 1 is 1.48 bits per heavy atom. The molecule has 1 N–H and O–H groups in total. The van der Waals surface area contributed by atoms with Gasteiger partial charge in [-0.1, -0.05) is 0 Å². The first-order valence-corrected chi connectivity index (χ1v) is 6.67. The second-order valence-corrected chi connectivity index (χ2v) is 4.90. The monoisotopic (exact) mass is 304 g/mol. The maximum absolute atomic E-state index is 12.8. The molecule has 0 aliphatic heterocycles. The van der Waals surface area contributed by atoms with Crippen LogP contribution < -0.4 is 5.32 Å². The average molecular weight is 304 g/mol. The SMILES string of the molecule is CC(=O)Nc1nc(C(=O)[C@H](C#N)c2ccc(F)cn2)cs1. The number of nitrogens with zero attached hydrogens (tertiary/aromatic N) is 3. The fourth-order valence-electron chi connectivity index (χ4n) is 1.56. The first-order valence-electron chi connectivity index (χ1n) is 5.79. The predicted octanol–water partition coefficient (Wildman–Crippen LogP) is 2.13. The molecule has 1 atom stereocenters. The van der Waals surface area contributed by atoms with Crippen LogP contribution in [0.3, 0.4) is 0 Å². The van der Waals surface area contributed by atoms with E-state index in [2.05, 4.69) is 15.3 Å². The van der Waals surface area contributed by atoms with Crippen LogP contribution in [-0.4, -0.2) is 21.7 Å². The van der Waals surface area contributed by atoms with Gasteiger partial charge in [-0.3, -0.25) is 14.6 Å². The van der Waals surface area contributed by atoms with Gasteiger partial charge in [0.1, 0.15) is 11.5 Å². The highest BCUT2D eigenvalue weighted by molar-refractivity contribution is 7.14. The molecule has 0 bridgehead atoms. The van der Waals surface area contributed by atoms with E-state index in [0.29, 0.717) is 0 Å². The Hall–Kier alpha value is -2.66. The first-order chi connectivity index (χ1) is 10.0. The number of rotatable bonds is 4. The van der Waals surface area contributed by atoms with Crippen molar-refractivity contribution in [1.29, 1.82) is 5.26 Å². The summed E-state index contributed by atoms with van der Waals surface area (Å²) in [4.78, 5) is 30.8. The largest absolute Gasteiger partial charge is 0.302 e. The Kier molecular flexibility index (Phi) is 4.35. The molecule has 2 heterocycles. The highest BCUT2D eigenvalue weighted by atomic mass is 32.1. The van der Waals surface area contributed by atoms with Crippen molar-refractivity contribution in [3.63, 3.8) is 0 Å². The van der Waals surface area contributed by atoms with Crippen molar-refractivity contribution in [3.05, 3.63) is 40.9 Å².